The van der Waals surface area contributed by atoms with E-state index in [1.807, 2.05) is 47.5 Å². The summed E-state index contributed by atoms with van der Waals surface area (Å²) in [7, 11) is 0. The number of nitrogens with one attached hydrogen (secondary N) is 1. The molecule has 0 radical (unpaired) electrons. The number of hydrogen-bond donors (Lipinski definition) is 1. The average molecular weight is 534 g/mol. The number of para-hydroxylation sites is 1. The van der Waals surface area contributed by atoms with Gasteiger partial charge in [-0.05, 0) is 34.4 Å². The molecule has 1 fully saturated rings. The smallest absolute Gasteiger partial charge is 0.223 e. The third-order valence-electron chi connectivity index (χ3n) is 7.92. The van der Waals surface area contributed by atoms with Crippen LogP contribution in [-0.2, 0) is 4.79 Å². The van der Waals surface area contributed by atoms with Crippen molar-refractivity contribution in [3.05, 3.63) is 143 Å². The van der Waals surface area contributed by atoms with Gasteiger partial charge in [0, 0.05) is 60.6 Å². The summed E-state index contributed by atoms with van der Waals surface area (Å²) in [4.78, 5) is 21.7. The van der Waals surface area contributed by atoms with Gasteiger partial charge in [-0.1, -0.05) is 109 Å². The fraction of sp³-hybridized carbons (Fsp3) is 0.206. The lowest BCUT2D eigenvalue weighted by atomic mass is 9.87. The van der Waals surface area contributed by atoms with E-state index < -0.39 is 0 Å². The van der Waals surface area contributed by atoms with Gasteiger partial charge >= 0.3 is 0 Å². The van der Waals surface area contributed by atoms with Crippen LogP contribution in [0.15, 0.2) is 115 Å². The van der Waals surface area contributed by atoms with Gasteiger partial charge in [0.05, 0.1) is 6.04 Å². The highest BCUT2D eigenvalue weighted by molar-refractivity contribution is 6.31. The minimum Gasteiger partial charge on any atom is -0.361 e. The van der Waals surface area contributed by atoms with Gasteiger partial charge in [0.25, 0.3) is 0 Å². The molecule has 0 saturated carbocycles. The largest absolute Gasteiger partial charge is 0.361 e. The lowest BCUT2D eigenvalue weighted by Gasteiger charge is -2.40. The first-order valence-corrected chi connectivity index (χ1v) is 14.0. The zero-order valence-corrected chi connectivity index (χ0v) is 22.6. The summed E-state index contributed by atoms with van der Waals surface area (Å²) in [6.45, 7) is 3.06. The van der Waals surface area contributed by atoms with Gasteiger partial charge in [0.2, 0.25) is 5.91 Å². The normalized spacial score (nSPS) is 15.1. The molecule has 5 aromatic rings. The molecule has 6 rings (SSSR count). The molecule has 1 aliphatic rings. The third kappa shape index (κ3) is 5.36. The highest BCUT2D eigenvalue weighted by Crippen LogP contribution is 2.37. The van der Waals surface area contributed by atoms with Crippen molar-refractivity contribution in [3.8, 4) is 0 Å². The standard InChI is InChI=1S/C34H32ClN3O/c35-31-17-9-7-15-27(31)29(30-24-36-32-18-10-8-16-28(30)32)23-33(39)37-19-21-38(22-20-37)34(25-11-3-1-4-12-25)26-13-5-2-6-14-26/h1-18,24,29,34,36H,19-23H2. The summed E-state index contributed by atoms with van der Waals surface area (Å²) in [6.07, 6.45) is 2.42. The predicted octanol–water partition coefficient (Wildman–Crippen LogP) is 7.28. The van der Waals surface area contributed by atoms with Gasteiger partial charge < -0.3 is 9.88 Å². The number of piperazine rings is 1. The van der Waals surface area contributed by atoms with Crippen LogP contribution in [0, 0.1) is 0 Å². The molecule has 0 aliphatic carbocycles. The molecule has 39 heavy (non-hydrogen) atoms. The van der Waals surface area contributed by atoms with Crippen LogP contribution in [0.25, 0.3) is 10.9 Å². The monoisotopic (exact) mass is 533 g/mol. The van der Waals surface area contributed by atoms with Crippen molar-refractivity contribution in [2.75, 3.05) is 26.2 Å². The Morgan fingerprint density at radius 3 is 1.97 bits per heavy atom. The maximum absolute atomic E-state index is 13.8. The fourth-order valence-electron chi connectivity index (χ4n) is 5.95. The number of amides is 1. The Bertz CT molecular complexity index is 1500. The van der Waals surface area contributed by atoms with Crippen LogP contribution in [0.1, 0.15) is 40.6 Å². The maximum atomic E-state index is 13.8. The van der Waals surface area contributed by atoms with E-state index in [0.717, 1.165) is 35.1 Å². The lowest BCUT2D eigenvalue weighted by Crippen LogP contribution is -2.50. The van der Waals surface area contributed by atoms with E-state index >= 15 is 0 Å². The van der Waals surface area contributed by atoms with Gasteiger partial charge in [-0.25, -0.2) is 0 Å². The molecule has 0 bridgehead atoms. The molecule has 1 saturated heterocycles. The number of aromatic nitrogens is 1. The Morgan fingerprint density at radius 2 is 1.31 bits per heavy atom. The Labute approximate surface area is 234 Å². The predicted molar refractivity (Wildman–Crippen MR) is 159 cm³/mol. The number of rotatable bonds is 7. The van der Waals surface area contributed by atoms with Crippen LogP contribution in [-0.4, -0.2) is 46.9 Å². The van der Waals surface area contributed by atoms with Crippen LogP contribution in [0.3, 0.4) is 0 Å². The zero-order valence-electron chi connectivity index (χ0n) is 21.8. The Morgan fingerprint density at radius 1 is 0.718 bits per heavy atom. The van der Waals surface area contributed by atoms with Gasteiger partial charge in [0.1, 0.15) is 0 Å². The van der Waals surface area contributed by atoms with Gasteiger partial charge in [-0.2, -0.15) is 0 Å². The third-order valence-corrected chi connectivity index (χ3v) is 8.26. The quantitative estimate of drug-likeness (QED) is 0.239. The topological polar surface area (TPSA) is 39.3 Å². The molecule has 1 amide bonds. The van der Waals surface area contributed by atoms with E-state index in [0.29, 0.717) is 24.5 Å². The fourth-order valence-corrected chi connectivity index (χ4v) is 6.21. The molecular weight excluding hydrogens is 502 g/mol. The maximum Gasteiger partial charge on any atom is 0.223 e. The zero-order chi connectivity index (χ0) is 26.6. The molecule has 1 aliphatic heterocycles. The summed E-state index contributed by atoms with van der Waals surface area (Å²) in [6, 6.07) is 37.6. The minimum atomic E-state index is -0.123. The number of benzene rings is 4. The average Bonchev–Trinajstić information content (AvgIpc) is 3.42. The summed E-state index contributed by atoms with van der Waals surface area (Å²) >= 11 is 6.68. The van der Waals surface area contributed by atoms with E-state index in [2.05, 4.69) is 82.7 Å². The number of carbonyl (C=O) groups is 1. The molecule has 4 aromatic carbocycles. The second-order valence-corrected chi connectivity index (χ2v) is 10.6. The van der Waals surface area contributed by atoms with Gasteiger partial charge in [0.15, 0.2) is 0 Å². The second kappa shape index (κ2) is 11.5. The van der Waals surface area contributed by atoms with Crippen molar-refractivity contribution in [1.29, 1.82) is 0 Å². The molecule has 1 atom stereocenters. The first-order chi connectivity index (χ1) is 19.2. The van der Waals surface area contributed by atoms with E-state index in [4.69, 9.17) is 11.6 Å². The summed E-state index contributed by atoms with van der Waals surface area (Å²) in [5, 5.41) is 1.83. The Balaban J connectivity index is 1.22. The molecule has 5 heteroatoms. The molecule has 4 nitrogen and oxygen atoms in total. The molecule has 0 spiro atoms. The number of hydrogen-bond acceptors (Lipinski definition) is 2. The van der Waals surface area contributed by atoms with Crippen LogP contribution in [0.4, 0.5) is 0 Å². The van der Waals surface area contributed by atoms with Gasteiger partial charge in [-0.3, -0.25) is 9.69 Å². The van der Waals surface area contributed by atoms with Crippen molar-refractivity contribution < 1.29 is 4.79 Å². The Kier molecular flexibility index (Phi) is 7.49. The molecule has 1 unspecified atom stereocenters. The van der Waals surface area contributed by atoms with E-state index in [9.17, 15) is 4.79 Å². The highest BCUT2D eigenvalue weighted by atomic mass is 35.5. The molecule has 1 aromatic heterocycles. The molecule has 196 valence electrons. The second-order valence-electron chi connectivity index (χ2n) is 10.2. The molecule has 1 N–H and O–H groups in total. The van der Waals surface area contributed by atoms with Crippen molar-refractivity contribution in [1.82, 2.24) is 14.8 Å². The lowest BCUT2D eigenvalue weighted by molar-refractivity contribution is -0.133. The number of aromatic amines is 1. The summed E-state index contributed by atoms with van der Waals surface area (Å²) in [5.74, 6) is 0.0441. The molecular formula is C34H32ClN3O. The number of H-pyrrole nitrogens is 1. The van der Waals surface area contributed by atoms with Gasteiger partial charge in [-0.15, -0.1) is 0 Å². The number of carbonyl (C=O) groups excluding carboxylic acids is 1. The van der Waals surface area contributed by atoms with Crippen LogP contribution < -0.4 is 0 Å². The SMILES string of the molecule is O=C(CC(c1ccccc1Cl)c1c[nH]c2ccccc12)N1CCN(C(c2ccccc2)c2ccccc2)CC1. The number of halogens is 1. The van der Waals surface area contributed by atoms with Crippen LogP contribution in [0.2, 0.25) is 5.02 Å². The Hall–Kier alpha value is -3.86. The first-order valence-electron chi connectivity index (χ1n) is 13.6. The molecule has 2 heterocycles. The first kappa shape index (κ1) is 25.4. The van der Waals surface area contributed by atoms with E-state index in [1.54, 1.807) is 0 Å². The van der Waals surface area contributed by atoms with Crippen molar-refractivity contribution in [2.24, 2.45) is 0 Å². The van der Waals surface area contributed by atoms with Crippen LogP contribution >= 0.6 is 11.6 Å². The van der Waals surface area contributed by atoms with Crippen LogP contribution in [0.5, 0.6) is 0 Å². The van der Waals surface area contributed by atoms with E-state index in [-0.39, 0.29) is 17.9 Å². The number of nitrogens with zero attached hydrogens (tertiary/aromatic N) is 2. The van der Waals surface area contributed by atoms with Crippen molar-refractivity contribution in [3.63, 3.8) is 0 Å². The summed E-state index contributed by atoms with van der Waals surface area (Å²) in [5.41, 5.74) is 5.73. The van der Waals surface area contributed by atoms with Crippen molar-refractivity contribution in [2.45, 2.75) is 18.4 Å². The minimum absolute atomic E-state index is 0.123. The van der Waals surface area contributed by atoms with E-state index in [1.165, 1.54) is 11.1 Å². The number of fused-ring (bicyclic) bond motifs is 1. The highest BCUT2D eigenvalue weighted by Gasteiger charge is 2.30. The van der Waals surface area contributed by atoms with Crippen molar-refractivity contribution >= 4 is 28.4 Å². The summed E-state index contributed by atoms with van der Waals surface area (Å²) < 4.78 is 0.